The van der Waals surface area contributed by atoms with Crippen LogP contribution in [-0.4, -0.2) is 29.2 Å². The van der Waals surface area contributed by atoms with E-state index >= 15 is 0 Å². The molecule has 0 spiro atoms. The second-order valence-corrected chi connectivity index (χ2v) is 5.70. The lowest BCUT2D eigenvalue weighted by atomic mass is 9.98. The zero-order valence-corrected chi connectivity index (χ0v) is 13.2. The first-order valence-corrected chi connectivity index (χ1v) is 7.88. The highest BCUT2D eigenvalue weighted by molar-refractivity contribution is 6.09. The zero-order chi connectivity index (χ0) is 16.9. The predicted molar refractivity (Wildman–Crippen MR) is 89.1 cm³/mol. The van der Waals surface area contributed by atoms with Crippen molar-refractivity contribution in [1.82, 2.24) is 10.2 Å². The lowest BCUT2D eigenvalue weighted by Crippen LogP contribution is -2.44. The molecule has 2 aromatic carbocycles. The molecular weight excluding hydrogens is 304 g/mol. The van der Waals surface area contributed by atoms with Crippen molar-refractivity contribution < 1.29 is 14.4 Å². The van der Waals surface area contributed by atoms with E-state index in [0.29, 0.717) is 12.1 Å². The first kappa shape index (κ1) is 15.9. The molecule has 5 nitrogen and oxygen atoms in total. The third-order valence-corrected chi connectivity index (χ3v) is 4.03. The second-order valence-electron chi connectivity index (χ2n) is 5.70. The molecule has 24 heavy (non-hydrogen) atoms. The van der Waals surface area contributed by atoms with Crippen LogP contribution in [0.4, 0.5) is 0 Å². The molecule has 1 N–H and O–H groups in total. The van der Waals surface area contributed by atoms with Crippen molar-refractivity contribution in [2.24, 2.45) is 0 Å². The van der Waals surface area contributed by atoms with Gasteiger partial charge in [-0.1, -0.05) is 48.5 Å². The predicted octanol–water partition coefficient (Wildman–Crippen LogP) is 1.92. The Balaban J connectivity index is 1.55. The van der Waals surface area contributed by atoms with Gasteiger partial charge in [0.25, 0.3) is 5.91 Å². The number of hydrogen-bond donors (Lipinski definition) is 1. The van der Waals surface area contributed by atoms with Gasteiger partial charge in [0.2, 0.25) is 11.8 Å². The molecule has 0 atom stereocenters. The largest absolute Gasteiger partial charge is 0.352 e. The van der Waals surface area contributed by atoms with E-state index < -0.39 is 0 Å². The molecule has 0 bridgehead atoms. The SMILES string of the molecule is O=C(CCN1C(=O)Cc2ccccc2C1=O)NCc1ccccc1. The van der Waals surface area contributed by atoms with Crippen LogP contribution in [0.1, 0.15) is 27.9 Å². The Hall–Kier alpha value is -2.95. The number of amides is 3. The standard InChI is InChI=1S/C19H18N2O3/c22-17(20-13-14-6-2-1-3-7-14)10-11-21-18(23)12-15-8-4-5-9-16(15)19(21)24/h1-9H,10-13H2,(H,20,22). The van der Waals surface area contributed by atoms with E-state index in [9.17, 15) is 14.4 Å². The minimum Gasteiger partial charge on any atom is -0.352 e. The van der Waals surface area contributed by atoms with E-state index in [4.69, 9.17) is 0 Å². The molecule has 122 valence electrons. The molecule has 0 saturated heterocycles. The van der Waals surface area contributed by atoms with Crippen LogP contribution in [-0.2, 0) is 22.6 Å². The van der Waals surface area contributed by atoms with Crippen molar-refractivity contribution in [3.63, 3.8) is 0 Å². The number of rotatable bonds is 5. The van der Waals surface area contributed by atoms with E-state index in [-0.39, 0.29) is 37.1 Å². The van der Waals surface area contributed by atoms with Crippen LogP contribution in [0, 0.1) is 0 Å². The summed E-state index contributed by atoms with van der Waals surface area (Å²) in [5, 5.41) is 2.80. The summed E-state index contributed by atoms with van der Waals surface area (Å²) < 4.78 is 0. The molecule has 3 rings (SSSR count). The van der Waals surface area contributed by atoms with Crippen molar-refractivity contribution in [3.8, 4) is 0 Å². The number of nitrogens with one attached hydrogen (secondary N) is 1. The van der Waals surface area contributed by atoms with Crippen LogP contribution in [0.5, 0.6) is 0 Å². The van der Waals surface area contributed by atoms with Gasteiger partial charge in [0, 0.05) is 25.1 Å². The highest BCUT2D eigenvalue weighted by atomic mass is 16.2. The smallest absolute Gasteiger partial charge is 0.260 e. The average molecular weight is 322 g/mol. The number of carbonyl (C=O) groups is 3. The molecule has 0 unspecified atom stereocenters. The summed E-state index contributed by atoms with van der Waals surface area (Å²) in [6.45, 7) is 0.539. The lowest BCUT2D eigenvalue weighted by Gasteiger charge is -2.26. The maximum atomic E-state index is 12.4. The summed E-state index contributed by atoms with van der Waals surface area (Å²) in [6, 6.07) is 16.7. The van der Waals surface area contributed by atoms with Crippen LogP contribution in [0.2, 0.25) is 0 Å². The van der Waals surface area contributed by atoms with E-state index in [1.54, 1.807) is 18.2 Å². The van der Waals surface area contributed by atoms with Crippen LogP contribution < -0.4 is 5.32 Å². The molecule has 0 radical (unpaired) electrons. The summed E-state index contributed by atoms with van der Waals surface area (Å²) in [7, 11) is 0. The van der Waals surface area contributed by atoms with Gasteiger partial charge < -0.3 is 5.32 Å². The second kappa shape index (κ2) is 7.08. The van der Waals surface area contributed by atoms with E-state index in [2.05, 4.69) is 5.32 Å². The first-order chi connectivity index (χ1) is 11.6. The van der Waals surface area contributed by atoms with Crippen molar-refractivity contribution in [1.29, 1.82) is 0 Å². The van der Waals surface area contributed by atoms with Gasteiger partial charge in [0.1, 0.15) is 0 Å². The van der Waals surface area contributed by atoms with Crippen LogP contribution in [0.25, 0.3) is 0 Å². The van der Waals surface area contributed by atoms with Gasteiger partial charge in [-0.3, -0.25) is 19.3 Å². The van der Waals surface area contributed by atoms with Crippen molar-refractivity contribution >= 4 is 17.7 Å². The fourth-order valence-corrected chi connectivity index (χ4v) is 2.72. The maximum Gasteiger partial charge on any atom is 0.260 e. The number of nitrogens with zero attached hydrogens (tertiary/aromatic N) is 1. The van der Waals surface area contributed by atoms with Gasteiger partial charge in [-0.25, -0.2) is 0 Å². The van der Waals surface area contributed by atoms with E-state index in [1.807, 2.05) is 36.4 Å². The van der Waals surface area contributed by atoms with Crippen LogP contribution in [0.3, 0.4) is 0 Å². The van der Waals surface area contributed by atoms with Gasteiger partial charge >= 0.3 is 0 Å². The Morgan fingerprint density at radius 3 is 2.50 bits per heavy atom. The van der Waals surface area contributed by atoms with Gasteiger partial charge in [-0.05, 0) is 17.2 Å². The minimum atomic E-state index is -0.322. The van der Waals surface area contributed by atoms with E-state index in [1.165, 1.54) is 4.90 Å². The molecule has 0 aromatic heterocycles. The van der Waals surface area contributed by atoms with Gasteiger partial charge in [-0.15, -0.1) is 0 Å². The Morgan fingerprint density at radius 1 is 1.00 bits per heavy atom. The summed E-state index contributed by atoms with van der Waals surface area (Å²) >= 11 is 0. The molecule has 3 amide bonds. The highest BCUT2D eigenvalue weighted by Crippen LogP contribution is 2.19. The molecule has 1 aliphatic rings. The summed E-state index contributed by atoms with van der Waals surface area (Å²) in [5.41, 5.74) is 2.30. The lowest BCUT2D eigenvalue weighted by molar-refractivity contribution is -0.129. The maximum absolute atomic E-state index is 12.4. The molecule has 1 aliphatic heterocycles. The summed E-state index contributed by atoms with van der Waals surface area (Å²) in [6.07, 6.45) is 0.306. The monoisotopic (exact) mass is 322 g/mol. The molecule has 2 aromatic rings. The van der Waals surface area contributed by atoms with Crippen molar-refractivity contribution in [3.05, 3.63) is 71.3 Å². The topological polar surface area (TPSA) is 66.5 Å². The molecule has 5 heteroatoms. The van der Waals surface area contributed by atoms with Crippen LogP contribution in [0.15, 0.2) is 54.6 Å². The van der Waals surface area contributed by atoms with Gasteiger partial charge in [-0.2, -0.15) is 0 Å². The molecule has 1 heterocycles. The number of benzene rings is 2. The first-order valence-electron chi connectivity index (χ1n) is 7.88. The number of fused-ring (bicyclic) bond motifs is 1. The molecule has 0 fully saturated rings. The van der Waals surface area contributed by atoms with Crippen molar-refractivity contribution in [2.75, 3.05) is 6.54 Å². The van der Waals surface area contributed by atoms with Gasteiger partial charge in [0.15, 0.2) is 0 Å². The zero-order valence-electron chi connectivity index (χ0n) is 13.2. The quantitative estimate of drug-likeness (QED) is 0.855. The fraction of sp³-hybridized carbons (Fsp3) is 0.211. The third-order valence-electron chi connectivity index (χ3n) is 4.03. The Labute approximate surface area is 140 Å². The number of hydrogen-bond acceptors (Lipinski definition) is 3. The fourth-order valence-electron chi connectivity index (χ4n) is 2.72. The van der Waals surface area contributed by atoms with Crippen molar-refractivity contribution in [2.45, 2.75) is 19.4 Å². The number of imide groups is 1. The van der Waals surface area contributed by atoms with Gasteiger partial charge in [0.05, 0.1) is 6.42 Å². The highest BCUT2D eigenvalue weighted by Gasteiger charge is 2.30. The average Bonchev–Trinajstić information content (AvgIpc) is 2.60. The number of carbonyl (C=O) groups excluding carboxylic acids is 3. The van der Waals surface area contributed by atoms with Crippen LogP contribution >= 0.6 is 0 Å². The molecule has 0 aliphatic carbocycles. The Kier molecular flexibility index (Phi) is 4.70. The normalized spacial score (nSPS) is 13.6. The summed E-state index contributed by atoms with van der Waals surface area (Å²) in [4.78, 5) is 37.7. The Morgan fingerprint density at radius 2 is 1.71 bits per heavy atom. The van der Waals surface area contributed by atoms with E-state index in [0.717, 1.165) is 11.1 Å². The molecule has 0 saturated carbocycles. The molecular formula is C19H18N2O3. The summed E-state index contributed by atoms with van der Waals surface area (Å²) in [5.74, 6) is -0.759. The third kappa shape index (κ3) is 3.51. The Bertz CT molecular complexity index is 771. The minimum absolute atomic E-state index is 0.104.